The van der Waals surface area contributed by atoms with Crippen molar-refractivity contribution < 1.29 is 9.63 Å². The van der Waals surface area contributed by atoms with Crippen molar-refractivity contribution in [3.8, 4) is 11.4 Å². The van der Waals surface area contributed by atoms with Crippen LogP contribution in [0.1, 0.15) is 32.2 Å². The van der Waals surface area contributed by atoms with Gasteiger partial charge in [-0.05, 0) is 36.6 Å². The molecule has 0 saturated heterocycles. The van der Waals surface area contributed by atoms with Crippen molar-refractivity contribution in [2.45, 2.75) is 32.9 Å². The summed E-state index contributed by atoms with van der Waals surface area (Å²) in [5.41, 5.74) is 2.88. The van der Waals surface area contributed by atoms with Crippen LogP contribution in [0.15, 0.2) is 59.4 Å². The van der Waals surface area contributed by atoms with Gasteiger partial charge in [0.2, 0.25) is 5.82 Å². The number of aliphatic hydroxyl groups is 1. The Bertz CT molecular complexity index is 1080. The third-order valence-corrected chi connectivity index (χ3v) is 5.05. The van der Waals surface area contributed by atoms with Crippen LogP contribution in [0.4, 0.5) is 0 Å². The molecule has 0 aliphatic heterocycles. The van der Waals surface area contributed by atoms with Gasteiger partial charge in [0.05, 0.1) is 17.4 Å². The summed E-state index contributed by atoms with van der Waals surface area (Å²) in [5.74, 6) is 0.674. The molecule has 0 bridgehead atoms. The van der Waals surface area contributed by atoms with Gasteiger partial charge < -0.3 is 14.2 Å². The van der Waals surface area contributed by atoms with Gasteiger partial charge in [-0.2, -0.15) is 4.98 Å². The zero-order valence-corrected chi connectivity index (χ0v) is 15.6. The minimum absolute atomic E-state index is 0.0355. The molecule has 2 aromatic heterocycles. The Morgan fingerprint density at radius 2 is 1.96 bits per heavy atom. The highest BCUT2D eigenvalue weighted by Gasteiger charge is 2.33. The number of benzene rings is 2. The Balaban J connectivity index is 1.63. The first-order chi connectivity index (χ1) is 12.9. The smallest absolute Gasteiger partial charge is 0.258 e. The molecule has 0 fully saturated rings. The molecule has 0 aliphatic carbocycles. The maximum atomic E-state index is 10.5. The zero-order valence-electron chi connectivity index (χ0n) is 15.6. The Morgan fingerprint density at radius 1 is 1.15 bits per heavy atom. The van der Waals surface area contributed by atoms with Crippen molar-refractivity contribution >= 4 is 11.0 Å². The lowest BCUT2D eigenvalue weighted by atomic mass is 9.92. The van der Waals surface area contributed by atoms with E-state index in [1.165, 1.54) is 0 Å². The predicted octanol–water partition coefficient (Wildman–Crippen LogP) is 4.00. The third-order valence-electron chi connectivity index (χ3n) is 5.05. The number of para-hydroxylation sites is 2. The van der Waals surface area contributed by atoms with Crippen LogP contribution in [0.25, 0.3) is 22.4 Å². The van der Waals surface area contributed by atoms with E-state index in [4.69, 9.17) is 4.52 Å². The van der Waals surface area contributed by atoms with Gasteiger partial charge in [0, 0.05) is 12.1 Å². The summed E-state index contributed by atoms with van der Waals surface area (Å²) in [6.45, 7) is 6.22. The summed E-state index contributed by atoms with van der Waals surface area (Å²) in [6, 6.07) is 16.1. The second kappa shape index (κ2) is 6.63. The van der Waals surface area contributed by atoms with E-state index in [9.17, 15) is 5.11 Å². The second-order valence-corrected chi connectivity index (χ2v) is 7.29. The van der Waals surface area contributed by atoms with E-state index in [-0.39, 0.29) is 11.8 Å². The molecule has 0 aliphatic rings. The largest absolute Gasteiger partial charge is 0.380 e. The van der Waals surface area contributed by atoms with Crippen molar-refractivity contribution in [3.63, 3.8) is 0 Å². The normalized spacial score (nSPS) is 14.0. The number of nitrogens with zero attached hydrogens (tertiary/aromatic N) is 4. The van der Waals surface area contributed by atoms with Crippen LogP contribution >= 0.6 is 0 Å². The molecule has 1 N–H and O–H groups in total. The molecule has 27 heavy (non-hydrogen) atoms. The van der Waals surface area contributed by atoms with Crippen LogP contribution in [0, 0.1) is 5.92 Å². The monoisotopic (exact) mass is 362 g/mol. The van der Waals surface area contributed by atoms with Crippen molar-refractivity contribution in [1.29, 1.82) is 0 Å². The minimum Gasteiger partial charge on any atom is -0.380 e. The highest BCUT2D eigenvalue weighted by Crippen LogP contribution is 2.29. The number of hydrogen-bond acceptors (Lipinski definition) is 5. The molecule has 6 heteroatoms. The molecule has 138 valence electrons. The summed E-state index contributed by atoms with van der Waals surface area (Å²) >= 11 is 0. The van der Waals surface area contributed by atoms with Crippen LogP contribution in [0.2, 0.25) is 0 Å². The van der Waals surface area contributed by atoms with E-state index in [0.29, 0.717) is 12.4 Å². The van der Waals surface area contributed by atoms with Gasteiger partial charge in [-0.25, -0.2) is 4.98 Å². The van der Waals surface area contributed by atoms with Gasteiger partial charge in [-0.1, -0.05) is 49.3 Å². The van der Waals surface area contributed by atoms with Crippen molar-refractivity contribution in [2.24, 2.45) is 5.92 Å². The number of hydrogen-bond donors (Lipinski definition) is 1. The summed E-state index contributed by atoms with van der Waals surface area (Å²) in [7, 11) is 0. The molecule has 0 saturated carbocycles. The fourth-order valence-corrected chi connectivity index (χ4v) is 2.94. The van der Waals surface area contributed by atoms with Crippen LogP contribution < -0.4 is 0 Å². The lowest BCUT2D eigenvalue weighted by Gasteiger charge is -2.22. The first-order valence-corrected chi connectivity index (χ1v) is 9.01. The summed E-state index contributed by atoms with van der Waals surface area (Å²) in [4.78, 5) is 8.85. The molecule has 0 radical (unpaired) electrons. The van der Waals surface area contributed by atoms with Crippen molar-refractivity contribution in [1.82, 2.24) is 19.7 Å². The molecule has 2 heterocycles. The summed E-state index contributed by atoms with van der Waals surface area (Å²) < 4.78 is 7.43. The molecule has 1 unspecified atom stereocenters. The van der Waals surface area contributed by atoms with E-state index < -0.39 is 5.60 Å². The number of fused-ring (bicyclic) bond motifs is 1. The van der Waals surface area contributed by atoms with E-state index >= 15 is 0 Å². The van der Waals surface area contributed by atoms with Gasteiger partial charge in [0.1, 0.15) is 5.60 Å². The SMILES string of the molecule is CC(C)C(C)(O)c1nc(-c2cccc(Cn3cnc4ccccc43)c2)no1. The standard InChI is InChI=1S/C21H22N4O2/c1-14(2)21(3,26)20-23-19(24-27-20)16-8-6-7-15(11-16)12-25-13-22-17-9-4-5-10-18(17)25/h4-11,13-14,26H,12H2,1-3H3. The minimum atomic E-state index is -1.15. The lowest BCUT2D eigenvalue weighted by molar-refractivity contribution is -0.0205. The zero-order chi connectivity index (χ0) is 19.0. The van der Waals surface area contributed by atoms with Crippen LogP contribution in [0.5, 0.6) is 0 Å². The summed E-state index contributed by atoms with van der Waals surface area (Å²) in [5, 5.41) is 14.6. The van der Waals surface area contributed by atoms with Crippen molar-refractivity contribution in [3.05, 3.63) is 66.3 Å². The fraction of sp³-hybridized carbons (Fsp3) is 0.286. The maximum absolute atomic E-state index is 10.5. The highest BCUT2D eigenvalue weighted by molar-refractivity contribution is 5.75. The average molecular weight is 362 g/mol. The highest BCUT2D eigenvalue weighted by atomic mass is 16.5. The van der Waals surface area contributed by atoms with E-state index in [0.717, 1.165) is 22.2 Å². The van der Waals surface area contributed by atoms with E-state index in [2.05, 4.69) is 31.8 Å². The van der Waals surface area contributed by atoms with Crippen LogP contribution in [-0.4, -0.2) is 24.8 Å². The molecule has 0 amide bonds. The maximum Gasteiger partial charge on any atom is 0.258 e. The Kier molecular flexibility index (Phi) is 4.28. The van der Waals surface area contributed by atoms with Gasteiger partial charge in [-0.15, -0.1) is 0 Å². The van der Waals surface area contributed by atoms with Crippen LogP contribution in [0.3, 0.4) is 0 Å². The molecule has 0 spiro atoms. The quantitative estimate of drug-likeness (QED) is 0.581. The first-order valence-electron chi connectivity index (χ1n) is 9.01. The predicted molar refractivity (Wildman–Crippen MR) is 103 cm³/mol. The van der Waals surface area contributed by atoms with Crippen molar-refractivity contribution in [2.75, 3.05) is 0 Å². The first kappa shape index (κ1) is 17.4. The Hall–Kier alpha value is -2.99. The Morgan fingerprint density at radius 3 is 2.78 bits per heavy atom. The van der Waals surface area contributed by atoms with Gasteiger partial charge in [0.15, 0.2) is 0 Å². The number of imidazole rings is 1. The molecule has 2 aromatic carbocycles. The molecule has 4 rings (SSSR count). The van der Waals surface area contributed by atoms with E-state index in [1.807, 2.05) is 56.6 Å². The second-order valence-electron chi connectivity index (χ2n) is 7.29. The molecule has 4 aromatic rings. The van der Waals surface area contributed by atoms with Gasteiger partial charge >= 0.3 is 0 Å². The topological polar surface area (TPSA) is 77.0 Å². The van der Waals surface area contributed by atoms with Crippen LogP contribution in [-0.2, 0) is 12.1 Å². The number of aromatic nitrogens is 4. The Labute approximate surface area is 157 Å². The van der Waals surface area contributed by atoms with Gasteiger partial charge in [-0.3, -0.25) is 0 Å². The lowest BCUT2D eigenvalue weighted by Crippen LogP contribution is -2.28. The molecule has 1 atom stereocenters. The number of rotatable bonds is 5. The average Bonchev–Trinajstić information content (AvgIpc) is 3.30. The van der Waals surface area contributed by atoms with Gasteiger partial charge in [0.25, 0.3) is 5.89 Å². The van der Waals surface area contributed by atoms with E-state index in [1.54, 1.807) is 6.92 Å². The fourth-order valence-electron chi connectivity index (χ4n) is 2.94. The molecular weight excluding hydrogens is 340 g/mol. The summed E-state index contributed by atoms with van der Waals surface area (Å²) in [6.07, 6.45) is 1.85. The third kappa shape index (κ3) is 3.24. The molecular formula is C21H22N4O2. The molecule has 6 nitrogen and oxygen atoms in total.